The molecule has 1 heterocycles. The second kappa shape index (κ2) is 8.26. The molecule has 3 unspecified atom stereocenters. The lowest BCUT2D eigenvalue weighted by molar-refractivity contribution is 0.0458. The Morgan fingerprint density at radius 2 is 1.37 bits per heavy atom. The highest BCUT2D eigenvalue weighted by Crippen LogP contribution is 2.25. The molecule has 0 aromatic carbocycles. The highest BCUT2D eigenvalue weighted by Gasteiger charge is 2.30. The summed E-state index contributed by atoms with van der Waals surface area (Å²) in [6, 6.07) is 0.448. The number of hydrogen-bond acceptors (Lipinski definition) is 2. The Hall–Kier alpha value is -0.0800. The maximum Gasteiger partial charge on any atom is 0.0695 e. The van der Waals surface area contributed by atoms with Crippen LogP contribution in [0.25, 0.3) is 0 Å². The molecule has 3 atom stereocenters. The van der Waals surface area contributed by atoms with Crippen LogP contribution in [0, 0.1) is 5.92 Å². The second-order valence-corrected chi connectivity index (χ2v) is 6.93. The van der Waals surface area contributed by atoms with Gasteiger partial charge in [-0.05, 0) is 31.7 Å². The fourth-order valence-electron chi connectivity index (χ4n) is 3.85. The van der Waals surface area contributed by atoms with Gasteiger partial charge < -0.3 is 5.11 Å². The van der Waals surface area contributed by atoms with Crippen LogP contribution < -0.4 is 0 Å². The lowest BCUT2D eigenvalue weighted by Gasteiger charge is -2.32. The van der Waals surface area contributed by atoms with E-state index in [0.717, 1.165) is 12.3 Å². The summed E-state index contributed by atoms with van der Waals surface area (Å²) < 4.78 is 0. The molecule has 0 bridgehead atoms. The first-order valence-electron chi connectivity index (χ1n) is 8.69. The number of nitrogens with zero attached hydrogens (tertiary/aromatic N) is 1. The SMILES string of the molecule is CC1CCN(C2CCCCCCCCCCC2O)C1. The Morgan fingerprint density at radius 3 is 1.95 bits per heavy atom. The fraction of sp³-hybridized carbons (Fsp3) is 1.00. The number of aliphatic hydroxyl groups excluding tert-OH is 1. The molecule has 19 heavy (non-hydrogen) atoms. The van der Waals surface area contributed by atoms with Gasteiger partial charge in [0.2, 0.25) is 0 Å². The van der Waals surface area contributed by atoms with E-state index in [4.69, 9.17) is 0 Å². The van der Waals surface area contributed by atoms with Gasteiger partial charge in [0.05, 0.1) is 6.10 Å². The van der Waals surface area contributed by atoms with E-state index in [2.05, 4.69) is 11.8 Å². The van der Waals surface area contributed by atoms with Crippen molar-refractivity contribution < 1.29 is 5.11 Å². The molecule has 1 aliphatic carbocycles. The van der Waals surface area contributed by atoms with Crippen molar-refractivity contribution in [2.75, 3.05) is 13.1 Å². The molecule has 2 heteroatoms. The van der Waals surface area contributed by atoms with E-state index in [1.165, 1.54) is 77.3 Å². The van der Waals surface area contributed by atoms with Crippen molar-refractivity contribution >= 4 is 0 Å². The highest BCUT2D eigenvalue weighted by atomic mass is 16.3. The molecule has 1 saturated carbocycles. The maximum absolute atomic E-state index is 10.6. The summed E-state index contributed by atoms with van der Waals surface area (Å²) in [7, 11) is 0. The van der Waals surface area contributed by atoms with E-state index in [1.54, 1.807) is 0 Å². The standard InChI is InChI=1S/C17H33NO/c1-15-12-13-18(14-15)16-10-8-6-4-2-3-5-7-9-11-17(16)19/h15-17,19H,2-14H2,1H3. The van der Waals surface area contributed by atoms with Crippen molar-refractivity contribution in [1.29, 1.82) is 0 Å². The number of hydrogen-bond donors (Lipinski definition) is 1. The summed E-state index contributed by atoms with van der Waals surface area (Å²) in [5.74, 6) is 0.827. The van der Waals surface area contributed by atoms with Gasteiger partial charge in [-0.25, -0.2) is 0 Å². The predicted octanol–water partition coefficient (Wildman–Crippen LogP) is 3.97. The molecule has 0 radical (unpaired) electrons. The molecule has 0 spiro atoms. The van der Waals surface area contributed by atoms with Gasteiger partial charge in [-0.2, -0.15) is 0 Å². The molecule has 1 N–H and O–H groups in total. The fourth-order valence-corrected chi connectivity index (χ4v) is 3.85. The van der Waals surface area contributed by atoms with Gasteiger partial charge in [0.25, 0.3) is 0 Å². The van der Waals surface area contributed by atoms with E-state index < -0.39 is 0 Å². The van der Waals surface area contributed by atoms with Gasteiger partial charge in [-0.1, -0.05) is 58.3 Å². The molecular weight excluding hydrogens is 234 g/mol. The number of aliphatic hydroxyl groups is 1. The lowest BCUT2D eigenvalue weighted by Crippen LogP contribution is -2.42. The maximum atomic E-state index is 10.6. The Bertz CT molecular complexity index is 243. The Kier molecular flexibility index (Phi) is 6.66. The van der Waals surface area contributed by atoms with Crippen LogP contribution in [0.15, 0.2) is 0 Å². The molecule has 0 amide bonds. The second-order valence-electron chi connectivity index (χ2n) is 6.93. The van der Waals surface area contributed by atoms with Crippen LogP contribution in [0.4, 0.5) is 0 Å². The van der Waals surface area contributed by atoms with E-state index in [0.29, 0.717) is 6.04 Å². The van der Waals surface area contributed by atoms with Crippen molar-refractivity contribution in [1.82, 2.24) is 4.90 Å². The molecule has 2 aliphatic rings. The van der Waals surface area contributed by atoms with E-state index in [1.807, 2.05) is 0 Å². The van der Waals surface area contributed by atoms with Crippen LogP contribution in [-0.4, -0.2) is 35.2 Å². The first kappa shape index (κ1) is 15.3. The largest absolute Gasteiger partial charge is 0.391 e. The van der Waals surface area contributed by atoms with E-state index >= 15 is 0 Å². The highest BCUT2D eigenvalue weighted by molar-refractivity contribution is 4.84. The average molecular weight is 267 g/mol. The third-order valence-electron chi connectivity index (χ3n) is 5.12. The van der Waals surface area contributed by atoms with Crippen LogP contribution in [0.1, 0.15) is 77.6 Å². The van der Waals surface area contributed by atoms with Crippen molar-refractivity contribution in [2.24, 2.45) is 5.92 Å². The van der Waals surface area contributed by atoms with E-state index in [9.17, 15) is 5.11 Å². The number of rotatable bonds is 1. The summed E-state index contributed by atoms with van der Waals surface area (Å²) >= 11 is 0. The topological polar surface area (TPSA) is 23.5 Å². The zero-order valence-corrected chi connectivity index (χ0v) is 12.8. The molecule has 2 fully saturated rings. The number of likely N-dealkylation sites (tertiary alicyclic amines) is 1. The molecule has 0 aromatic heterocycles. The van der Waals surface area contributed by atoms with Crippen molar-refractivity contribution in [3.8, 4) is 0 Å². The van der Waals surface area contributed by atoms with Gasteiger partial charge >= 0.3 is 0 Å². The summed E-state index contributed by atoms with van der Waals surface area (Å²) in [5.41, 5.74) is 0. The Balaban J connectivity index is 1.87. The third kappa shape index (κ3) is 5.07. The molecule has 1 aliphatic heterocycles. The Morgan fingerprint density at radius 1 is 0.789 bits per heavy atom. The summed E-state index contributed by atoms with van der Waals surface area (Å²) in [5, 5.41) is 10.6. The summed E-state index contributed by atoms with van der Waals surface area (Å²) in [6.45, 7) is 4.77. The molecule has 1 saturated heterocycles. The lowest BCUT2D eigenvalue weighted by atomic mass is 9.95. The quantitative estimate of drug-likeness (QED) is 0.777. The average Bonchev–Trinajstić information content (AvgIpc) is 2.80. The molecule has 2 rings (SSSR count). The van der Waals surface area contributed by atoms with Gasteiger partial charge in [0.15, 0.2) is 0 Å². The zero-order valence-electron chi connectivity index (χ0n) is 12.8. The minimum Gasteiger partial charge on any atom is -0.391 e. The van der Waals surface area contributed by atoms with Crippen molar-refractivity contribution in [3.05, 3.63) is 0 Å². The van der Waals surface area contributed by atoms with Crippen molar-refractivity contribution in [2.45, 2.75) is 89.7 Å². The minimum atomic E-state index is -0.0790. The molecule has 2 nitrogen and oxygen atoms in total. The first-order valence-corrected chi connectivity index (χ1v) is 8.69. The van der Waals surface area contributed by atoms with Gasteiger partial charge in [0.1, 0.15) is 0 Å². The Labute approximate surface area is 119 Å². The first-order chi connectivity index (χ1) is 9.27. The normalized spacial score (nSPS) is 36.6. The van der Waals surface area contributed by atoms with Crippen LogP contribution in [-0.2, 0) is 0 Å². The molecular formula is C17H33NO. The van der Waals surface area contributed by atoms with Crippen LogP contribution in [0.2, 0.25) is 0 Å². The molecule has 0 aromatic rings. The van der Waals surface area contributed by atoms with Crippen LogP contribution in [0.3, 0.4) is 0 Å². The van der Waals surface area contributed by atoms with Crippen LogP contribution >= 0.6 is 0 Å². The summed E-state index contributed by atoms with van der Waals surface area (Å²) in [6.07, 6.45) is 14.3. The minimum absolute atomic E-state index is 0.0790. The van der Waals surface area contributed by atoms with Gasteiger partial charge in [-0.3, -0.25) is 4.90 Å². The predicted molar refractivity (Wildman–Crippen MR) is 81.3 cm³/mol. The van der Waals surface area contributed by atoms with Crippen molar-refractivity contribution in [3.63, 3.8) is 0 Å². The third-order valence-corrected chi connectivity index (χ3v) is 5.12. The van der Waals surface area contributed by atoms with E-state index in [-0.39, 0.29) is 6.10 Å². The van der Waals surface area contributed by atoms with Gasteiger partial charge in [0, 0.05) is 12.6 Å². The van der Waals surface area contributed by atoms with Gasteiger partial charge in [-0.15, -0.1) is 0 Å². The monoisotopic (exact) mass is 267 g/mol. The van der Waals surface area contributed by atoms with Crippen LogP contribution in [0.5, 0.6) is 0 Å². The zero-order chi connectivity index (χ0) is 13.5. The smallest absolute Gasteiger partial charge is 0.0695 e. The molecule has 112 valence electrons. The summed E-state index contributed by atoms with van der Waals surface area (Å²) in [4.78, 5) is 2.58.